The van der Waals surface area contributed by atoms with Crippen LogP contribution >= 0.6 is 0 Å². The van der Waals surface area contributed by atoms with E-state index < -0.39 is 0 Å². The van der Waals surface area contributed by atoms with Gasteiger partial charge in [0.05, 0.1) is 19.2 Å². The molecular formula is C17H22N4O2. The van der Waals surface area contributed by atoms with Crippen molar-refractivity contribution >= 4 is 11.9 Å². The normalized spacial score (nSPS) is 16.6. The van der Waals surface area contributed by atoms with Crippen LogP contribution in [0, 0.1) is 12.3 Å². The maximum atomic E-state index is 11.7. The SMILES string of the molecule is C#CCNC(=NCC(=O)N(C)C)NC1CCOc2ccccc21. The molecule has 0 saturated carbocycles. The monoisotopic (exact) mass is 314 g/mol. The van der Waals surface area contributed by atoms with E-state index in [1.54, 1.807) is 14.1 Å². The standard InChI is InChI=1S/C17H22N4O2/c1-4-10-18-17(19-12-16(22)21(2)3)20-14-9-11-23-15-8-6-5-7-13(14)15/h1,5-8,14H,9-12H2,2-3H3,(H2,18,19,20). The second-order valence-corrected chi connectivity index (χ2v) is 5.38. The van der Waals surface area contributed by atoms with E-state index in [9.17, 15) is 4.79 Å². The summed E-state index contributed by atoms with van der Waals surface area (Å²) in [5.41, 5.74) is 1.08. The molecule has 122 valence electrons. The molecule has 1 heterocycles. The summed E-state index contributed by atoms with van der Waals surface area (Å²) in [4.78, 5) is 17.5. The van der Waals surface area contributed by atoms with Crippen molar-refractivity contribution < 1.29 is 9.53 Å². The van der Waals surface area contributed by atoms with Crippen molar-refractivity contribution in [3.05, 3.63) is 29.8 Å². The number of carbonyl (C=O) groups is 1. The third-order valence-electron chi connectivity index (χ3n) is 3.50. The van der Waals surface area contributed by atoms with Crippen LogP contribution in [0.15, 0.2) is 29.3 Å². The van der Waals surface area contributed by atoms with E-state index in [1.165, 1.54) is 4.90 Å². The molecule has 1 aromatic carbocycles. The first kappa shape index (κ1) is 16.7. The molecule has 1 atom stereocenters. The molecule has 2 N–H and O–H groups in total. The zero-order chi connectivity index (χ0) is 16.7. The van der Waals surface area contributed by atoms with Crippen molar-refractivity contribution in [1.82, 2.24) is 15.5 Å². The number of fused-ring (bicyclic) bond motifs is 1. The minimum atomic E-state index is -0.0702. The Kier molecular flexibility index (Phi) is 5.87. The van der Waals surface area contributed by atoms with E-state index >= 15 is 0 Å². The van der Waals surface area contributed by atoms with Crippen LogP contribution in [-0.4, -0.2) is 50.6 Å². The third-order valence-corrected chi connectivity index (χ3v) is 3.50. The summed E-state index contributed by atoms with van der Waals surface area (Å²) < 4.78 is 5.65. The highest BCUT2D eigenvalue weighted by molar-refractivity contribution is 5.85. The summed E-state index contributed by atoms with van der Waals surface area (Å²) in [5.74, 6) is 3.84. The van der Waals surface area contributed by atoms with Gasteiger partial charge in [0.2, 0.25) is 5.91 Å². The molecule has 0 radical (unpaired) electrons. The van der Waals surface area contributed by atoms with Crippen LogP contribution in [0.25, 0.3) is 0 Å². The number of likely N-dealkylation sites (N-methyl/N-ethyl adjacent to an activating group) is 1. The summed E-state index contributed by atoms with van der Waals surface area (Å²) in [6.07, 6.45) is 6.12. The van der Waals surface area contributed by atoms with Gasteiger partial charge in [-0.15, -0.1) is 6.42 Å². The number of carbonyl (C=O) groups excluding carboxylic acids is 1. The van der Waals surface area contributed by atoms with Crippen molar-refractivity contribution in [3.63, 3.8) is 0 Å². The summed E-state index contributed by atoms with van der Waals surface area (Å²) in [6.45, 7) is 1.04. The van der Waals surface area contributed by atoms with Crippen LogP contribution < -0.4 is 15.4 Å². The number of guanidine groups is 1. The maximum Gasteiger partial charge on any atom is 0.243 e. The zero-order valence-electron chi connectivity index (χ0n) is 13.5. The molecular weight excluding hydrogens is 292 g/mol. The van der Waals surface area contributed by atoms with Gasteiger partial charge in [0.15, 0.2) is 5.96 Å². The Bertz CT molecular complexity index is 619. The number of rotatable bonds is 4. The van der Waals surface area contributed by atoms with E-state index in [0.29, 0.717) is 19.1 Å². The lowest BCUT2D eigenvalue weighted by molar-refractivity contribution is -0.127. The molecule has 1 aromatic rings. The number of amides is 1. The van der Waals surface area contributed by atoms with Crippen molar-refractivity contribution in [2.24, 2.45) is 4.99 Å². The fourth-order valence-electron chi connectivity index (χ4n) is 2.23. The van der Waals surface area contributed by atoms with Gasteiger partial charge in [-0.2, -0.15) is 0 Å². The minimum absolute atomic E-state index is 0.0672. The highest BCUT2D eigenvalue weighted by Crippen LogP contribution is 2.31. The van der Waals surface area contributed by atoms with E-state index in [1.807, 2.05) is 24.3 Å². The van der Waals surface area contributed by atoms with E-state index in [2.05, 4.69) is 21.5 Å². The number of para-hydroxylation sites is 1. The number of ether oxygens (including phenoxy) is 1. The summed E-state index contributed by atoms with van der Waals surface area (Å²) in [7, 11) is 3.41. The van der Waals surface area contributed by atoms with E-state index in [4.69, 9.17) is 11.2 Å². The smallest absolute Gasteiger partial charge is 0.243 e. The molecule has 0 aliphatic carbocycles. The third kappa shape index (κ3) is 4.65. The molecule has 1 aliphatic rings. The van der Waals surface area contributed by atoms with Crippen molar-refractivity contribution in [3.8, 4) is 18.1 Å². The summed E-state index contributed by atoms with van der Waals surface area (Å²) in [6, 6.07) is 7.96. The molecule has 2 rings (SSSR count). The van der Waals surface area contributed by atoms with E-state index in [-0.39, 0.29) is 18.5 Å². The highest BCUT2D eigenvalue weighted by atomic mass is 16.5. The Balaban J connectivity index is 2.10. The Morgan fingerprint density at radius 1 is 1.48 bits per heavy atom. The predicted molar refractivity (Wildman–Crippen MR) is 90.3 cm³/mol. The van der Waals surface area contributed by atoms with Gasteiger partial charge in [-0.25, -0.2) is 4.99 Å². The molecule has 0 saturated heterocycles. The molecule has 0 aromatic heterocycles. The Morgan fingerprint density at radius 2 is 2.26 bits per heavy atom. The molecule has 6 nitrogen and oxygen atoms in total. The second-order valence-electron chi connectivity index (χ2n) is 5.38. The number of hydrogen-bond donors (Lipinski definition) is 2. The largest absolute Gasteiger partial charge is 0.493 e. The van der Waals surface area contributed by atoms with Crippen LogP contribution in [0.2, 0.25) is 0 Å². The number of terminal acetylenes is 1. The quantitative estimate of drug-likeness (QED) is 0.489. The Hall–Kier alpha value is -2.68. The molecule has 0 fully saturated rings. The van der Waals surface area contributed by atoms with Crippen LogP contribution in [0.4, 0.5) is 0 Å². The lowest BCUT2D eigenvalue weighted by atomic mass is 10.0. The van der Waals surface area contributed by atoms with Gasteiger partial charge >= 0.3 is 0 Å². The molecule has 0 bridgehead atoms. The topological polar surface area (TPSA) is 66.0 Å². The van der Waals surface area contributed by atoms with Crippen LogP contribution in [0.3, 0.4) is 0 Å². The van der Waals surface area contributed by atoms with Gasteiger partial charge in [-0.3, -0.25) is 4.79 Å². The first-order valence-electron chi connectivity index (χ1n) is 7.52. The predicted octanol–water partition coefficient (Wildman–Crippen LogP) is 0.767. The van der Waals surface area contributed by atoms with Gasteiger partial charge < -0.3 is 20.3 Å². The first-order valence-corrected chi connectivity index (χ1v) is 7.52. The second kappa shape index (κ2) is 8.08. The fraction of sp³-hybridized carbons (Fsp3) is 0.412. The molecule has 1 aliphatic heterocycles. The number of benzene rings is 1. The van der Waals surface area contributed by atoms with Gasteiger partial charge in [-0.05, 0) is 6.07 Å². The van der Waals surface area contributed by atoms with Gasteiger partial charge in [0.25, 0.3) is 0 Å². The van der Waals surface area contributed by atoms with Gasteiger partial charge in [0, 0.05) is 26.1 Å². The Labute approximate surface area is 136 Å². The summed E-state index contributed by atoms with van der Waals surface area (Å²) in [5, 5.41) is 6.37. The average molecular weight is 314 g/mol. The summed E-state index contributed by atoms with van der Waals surface area (Å²) >= 11 is 0. The van der Waals surface area contributed by atoms with Crippen molar-refractivity contribution in [2.75, 3.05) is 33.8 Å². The lowest BCUT2D eigenvalue weighted by Crippen LogP contribution is -2.42. The number of hydrogen-bond acceptors (Lipinski definition) is 3. The number of nitrogens with zero attached hydrogens (tertiary/aromatic N) is 2. The Morgan fingerprint density at radius 3 is 3.00 bits per heavy atom. The van der Waals surface area contributed by atoms with Crippen molar-refractivity contribution in [1.29, 1.82) is 0 Å². The fourth-order valence-corrected chi connectivity index (χ4v) is 2.23. The zero-order valence-corrected chi connectivity index (χ0v) is 13.5. The van der Waals surface area contributed by atoms with Gasteiger partial charge in [-0.1, -0.05) is 24.1 Å². The molecule has 23 heavy (non-hydrogen) atoms. The average Bonchev–Trinajstić information content (AvgIpc) is 2.57. The lowest BCUT2D eigenvalue weighted by Gasteiger charge is -2.28. The molecule has 0 spiro atoms. The van der Waals surface area contributed by atoms with Crippen molar-refractivity contribution in [2.45, 2.75) is 12.5 Å². The number of aliphatic imine (C=N–C) groups is 1. The maximum absolute atomic E-state index is 11.7. The first-order chi connectivity index (χ1) is 11.1. The van der Waals surface area contributed by atoms with Gasteiger partial charge in [0.1, 0.15) is 12.3 Å². The molecule has 6 heteroatoms. The van der Waals surface area contributed by atoms with Crippen LogP contribution in [0.1, 0.15) is 18.0 Å². The van der Waals surface area contributed by atoms with Crippen LogP contribution in [-0.2, 0) is 4.79 Å². The number of nitrogens with one attached hydrogen (secondary N) is 2. The minimum Gasteiger partial charge on any atom is -0.493 e. The van der Waals surface area contributed by atoms with Crippen LogP contribution in [0.5, 0.6) is 5.75 Å². The molecule has 1 unspecified atom stereocenters. The highest BCUT2D eigenvalue weighted by Gasteiger charge is 2.21. The molecule has 1 amide bonds. The van der Waals surface area contributed by atoms with E-state index in [0.717, 1.165) is 17.7 Å².